The number of nitrogens with one attached hydrogen (secondary N) is 5. The second-order valence-corrected chi connectivity index (χ2v) is 30.1. The number of halogens is 1. The second-order valence-electron chi connectivity index (χ2n) is 30.1. The fourth-order valence-electron chi connectivity index (χ4n) is 16.6. The van der Waals surface area contributed by atoms with E-state index in [9.17, 15) is 23.9 Å². The summed E-state index contributed by atoms with van der Waals surface area (Å²) >= 11 is 0. The molecule has 2 aliphatic carbocycles. The van der Waals surface area contributed by atoms with Crippen molar-refractivity contribution in [2.24, 2.45) is 51.8 Å². The number of likely N-dealkylation sites (N-methyl/N-ethyl adjacent to an activating group) is 1. The van der Waals surface area contributed by atoms with Gasteiger partial charge in [-0.25, -0.2) is 4.39 Å². The highest BCUT2D eigenvalue weighted by molar-refractivity contribution is 5.99. The van der Waals surface area contributed by atoms with Crippen molar-refractivity contribution in [3.63, 3.8) is 0 Å². The number of carbonyl (C=O) groups is 8. The minimum Gasteiger partial charge on any atom is -0.391 e. The molecule has 19 nitrogen and oxygen atoms in total. The van der Waals surface area contributed by atoms with Crippen molar-refractivity contribution in [2.75, 3.05) is 33.2 Å². The van der Waals surface area contributed by atoms with E-state index < -0.39 is 101 Å². The van der Waals surface area contributed by atoms with Crippen LogP contribution in [0.1, 0.15) is 174 Å². The number of para-hydroxylation sites is 1. The SMILES string of the molecule is C[C@@H](O)[C@@H]1NC(=O)[C@H](CCCCN)CC(=O)[C@@H](Cc2c[nH]c3ccccc23)NC(=O)[C@H](Cc2ccccc2)CC(=O)[C@H](Cc2ccccc2)NC(=O)[C@H](CCCN=C(N)N)CC(=O)[C@H](NCCCC[C@@H]2C[C@@H]3c4cccc5c4C(=CC5)C[C@H]3N(C)C2)CCCCCC(=O)[C@H](Cc2ccc(F)cc2)CC1=O. The lowest BCUT2D eigenvalue weighted by molar-refractivity contribution is -0.136. The fraction of sp³-hybridized carbons (Fsp3) is 0.494. The van der Waals surface area contributed by atoms with Gasteiger partial charge < -0.3 is 53.5 Å². The number of unbranched alkanes of at least 4 members (excludes halogenated alkanes) is 2. The summed E-state index contributed by atoms with van der Waals surface area (Å²) in [7, 11) is 2.27. The Morgan fingerprint density at radius 1 is 0.619 bits per heavy atom. The molecule has 560 valence electrons. The fourth-order valence-corrected chi connectivity index (χ4v) is 16.6. The molecule has 2 aliphatic heterocycles. The third-order valence-electron chi connectivity index (χ3n) is 22.3. The molecule has 1 aromatic heterocycles. The van der Waals surface area contributed by atoms with Crippen molar-refractivity contribution in [3.05, 3.63) is 184 Å². The summed E-state index contributed by atoms with van der Waals surface area (Å²) in [5.74, 6) is -7.47. The van der Waals surface area contributed by atoms with Crippen LogP contribution in [0.5, 0.6) is 0 Å². The molecular weight excluding hydrogens is 1320 g/mol. The molecule has 3 amide bonds. The summed E-state index contributed by atoms with van der Waals surface area (Å²) in [4.78, 5) is 131. The quantitative estimate of drug-likeness (QED) is 0.0164. The number of aliphatic hydroxyl groups is 1. The monoisotopic (exact) mass is 1430 g/mol. The number of fused-ring (bicyclic) bond motifs is 3. The minimum atomic E-state index is -1.49. The number of aliphatic hydroxyl groups excluding tert-OH is 1. The number of nitrogens with zero attached hydrogens (tertiary/aromatic N) is 2. The van der Waals surface area contributed by atoms with Crippen molar-refractivity contribution in [1.29, 1.82) is 0 Å². The van der Waals surface area contributed by atoms with Gasteiger partial charge in [-0.1, -0.05) is 141 Å². The standard InChI is InChI=1S/C85H109FN10O9/c1-54(97)81-79(102)50-63(42-57-33-37-66(86)38-34-57)75(98)32-11-5-10-31-71(90-40-17-15-24-58-44-69-68-29-18-26-59-35-36-60(80(59)68)47-74(69)96(2)53-58)76(99)48-62(27-19-41-91-85(88)89)82(103)93-72(45-56-22-8-4-9-23-56)78(101)51-64(43-55-20-6-3-7-21-55)84(105)94-73(46-65-52-92-70-30-13-12-28-67(65)70)77(100)49-61(83(104)95-81)25-14-16-39-87/h3-4,6-9,12-13,18,20-23,26,28-30,33-34,36-38,52,54,58,61-64,69,71-74,81,90,92,97H,5,10-11,14-17,19,24-25,27,31-32,35,39-51,53,87H2,1-2H3,(H,93,103)(H,94,105)(H,95,104)(H4,88,89,91)/t54-,58-,61-,62-,63-,64-,69-,71-,72+,73-,74-,81+/m1/s1. The van der Waals surface area contributed by atoms with Crippen molar-refractivity contribution in [2.45, 2.75) is 203 Å². The van der Waals surface area contributed by atoms with Gasteiger partial charge in [0.2, 0.25) is 17.7 Å². The summed E-state index contributed by atoms with van der Waals surface area (Å²) in [5, 5.41) is 24.8. The number of hydrogen-bond donors (Lipinski definition) is 9. The summed E-state index contributed by atoms with van der Waals surface area (Å²) in [6.07, 6.45) is 11.1. The van der Waals surface area contributed by atoms with Crippen LogP contribution in [0.15, 0.2) is 145 Å². The third-order valence-corrected chi connectivity index (χ3v) is 22.3. The number of rotatable bonds is 23. The van der Waals surface area contributed by atoms with Gasteiger partial charge in [-0.15, -0.1) is 0 Å². The number of guanidine groups is 1. The molecule has 105 heavy (non-hydrogen) atoms. The van der Waals surface area contributed by atoms with Gasteiger partial charge in [0.1, 0.15) is 17.6 Å². The number of carbonyl (C=O) groups excluding carboxylic acids is 8. The first kappa shape index (κ1) is 78.8. The van der Waals surface area contributed by atoms with Crippen LogP contribution < -0.4 is 38.5 Å². The first-order chi connectivity index (χ1) is 50.8. The number of piperidine rings is 1. The van der Waals surface area contributed by atoms with Gasteiger partial charge in [-0.3, -0.25) is 43.3 Å². The Morgan fingerprint density at radius 2 is 1.24 bits per heavy atom. The number of likely N-dealkylation sites (tertiary alicyclic amines) is 1. The van der Waals surface area contributed by atoms with Gasteiger partial charge in [-0.2, -0.15) is 0 Å². The van der Waals surface area contributed by atoms with Crippen LogP contribution in [0.4, 0.5) is 4.39 Å². The van der Waals surface area contributed by atoms with E-state index in [1.807, 2.05) is 84.9 Å². The molecule has 5 aromatic carbocycles. The molecule has 2 fully saturated rings. The zero-order valence-corrected chi connectivity index (χ0v) is 61.2. The van der Waals surface area contributed by atoms with E-state index in [4.69, 9.17) is 17.2 Å². The Labute approximate surface area is 617 Å². The Bertz CT molecular complexity index is 3990. The predicted molar refractivity (Wildman–Crippen MR) is 409 cm³/mol. The van der Waals surface area contributed by atoms with Crippen molar-refractivity contribution in [1.82, 2.24) is 31.2 Å². The number of H-pyrrole nitrogens is 1. The predicted octanol–water partition coefficient (Wildman–Crippen LogP) is 10.0. The Balaban J connectivity index is 0.958. The molecule has 0 bridgehead atoms. The lowest BCUT2D eigenvalue weighted by Gasteiger charge is -2.47. The van der Waals surface area contributed by atoms with E-state index in [0.29, 0.717) is 87.0 Å². The third kappa shape index (κ3) is 22.4. The van der Waals surface area contributed by atoms with Gasteiger partial charge in [-0.05, 0) is 186 Å². The number of Topliss-reactive ketones (excluding diaryl/α,β-unsaturated/α-hetero) is 5. The first-order valence-corrected chi connectivity index (χ1v) is 38.4. The molecule has 10 rings (SSSR count). The van der Waals surface area contributed by atoms with Crippen molar-refractivity contribution >= 4 is 69.1 Å². The largest absolute Gasteiger partial charge is 0.391 e. The summed E-state index contributed by atoms with van der Waals surface area (Å²) < 4.78 is 14.3. The highest BCUT2D eigenvalue weighted by atomic mass is 19.1. The maximum absolute atomic E-state index is 15.5. The molecule has 2 saturated heterocycles. The maximum Gasteiger partial charge on any atom is 0.224 e. The van der Waals surface area contributed by atoms with E-state index in [-0.39, 0.29) is 88.3 Å². The lowest BCUT2D eigenvalue weighted by Crippen LogP contribution is -2.51. The molecule has 0 unspecified atom stereocenters. The molecule has 0 saturated carbocycles. The molecule has 0 spiro atoms. The van der Waals surface area contributed by atoms with Crippen LogP contribution in [0, 0.1) is 35.4 Å². The van der Waals surface area contributed by atoms with Crippen LogP contribution in [-0.2, 0) is 70.5 Å². The molecule has 12 N–H and O–H groups in total. The number of allylic oxidation sites excluding steroid dienone is 1. The van der Waals surface area contributed by atoms with Gasteiger partial charge in [0.05, 0.1) is 24.2 Å². The van der Waals surface area contributed by atoms with Gasteiger partial charge >= 0.3 is 0 Å². The van der Waals surface area contributed by atoms with E-state index in [0.717, 1.165) is 67.1 Å². The lowest BCUT2D eigenvalue weighted by atomic mass is 9.69. The molecule has 0 radical (unpaired) electrons. The maximum atomic E-state index is 15.5. The average molecular weight is 1430 g/mol. The van der Waals surface area contributed by atoms with Crippen LogP contribution in [0.2, 0.25) is 0 Å². The zero-order valence-electron chi connectivity index (χ0n) is 61.2. The number of ketones is 5. The van der Waals surface area contributed by atoms with Gasteiger partial charge in [0, 0.05) is 104 Å². The van der Waals surface area contributed by atoms with Crippen molar-refractivity contribution in [3.8, 4) is 0 Å². The van der Waals surface area contributed by atoms with Crippen molar-refractivity contribution < 1.29 is 47.9 Å². The molecule has 12 atom stereocenters. The van der Waals surface area contributed by atoms with Crippen LogP contribution >= 0.6 is 0 Å². The van der Waals surface area contributed by atoms with E-state index >= 15 is 24.0 Å². The topological polar surface area (TPSA) is 314 Å². The number of hydrogen-bond acceptors (Lipinski definition) is 13. The Hall–Kier alpha value is -8.82. The normalized spacial score (nSPS) is 24.9. The van der Waals surface area contributed by atoms with Crippen LogP contribution in [0.25, 0.3) is 16.5 Å². The second kappa shape index (κ2) is 39.0. The van der Waals surface area contributed by atoms with E-state index in [1.165, 1.54) is 41.3 Å². The number of aromatic amines is 1. The van der Waals surface area contributed by atoms with E-state index in [1.54, 1.807) is 18.3 Å². The number of benzene rings is 5. The molecular formula is C85H109FN10O9. The molecule has 4 aliphatic rings. The highest BCUT2D eigenvalue weighted by Gasteiger charge is 2.42. The van der Waals surface area contributed by atoms with Crippen LogP contribution in [-0.4, -0.2) is 137 Å². The smallest absolute Gasteiger partial charge is 0.224 e. The summed E-state index contributed by atoms with van der Waals surface area (Å²) in [5.41, 5.74) is 27.0. The summed E-state index contributed by atoms with van der Waals surface area (Å²) in [6, 6.07) is 34.3. The molecule has 3 heterocycles. The number of nitrogens with two attached hydrogens (primary N) is 3. The molecule has 20 heteroatoms. The highest BCUT2D eigenvalue weighted by Crippen LogP contribution is 2.50. The van der Waals surface area contributed by atoms with Gasteiger partial charge in [0.25, 0.3) is 0 Å². The minimum absolute atomic E-state index is 0.0167. The zero-order chi connectivity index (χ0) is 74.4. The number of amides is 3. The molecule has 6 aromatic rings. The first-order valence-electron chi connectivity index (χ1n) is 38.4. The van der Waals surface area contributed by atoms with Gasteiger partial charge in [0.15, 0.2) is 29.1 Å². The average Bonchev–Trinajstić information content (AvgIpc) is 1.68. The Morgan fingerprint density at radius 3 is 1.95 bits per heavy atom. The van der Waals surface area contributed by atoms with Crippen LogP contribution in [0.3, 0.4) is 0 Å². The Kier molecular flexibility index (Phi) is 29.2. The van der Waals surface area contributed by atoms with E-state index in [2.05, 4.69) is 67.5 Å². The number of aliphatic imine (C=N–C) groups is 1. The summed E-state index contributed by atoms with van der Waals surface area (Å²) in [6.45, 7) is 3.41. The number of aromatic nitrogens is 1.